The number of halogens is 1. The van der Waals surface area contributed by atoms with Crippen molar-refractivity contribution in [1.29, 1.82) is 0 Å². The third kappa shape index (κ3) is 5.24. The van der Waals surface area contributed by atoms with E-state index in [9.17, 15) is 0 Å². The van der Waals surface area contributed by atoms with Gasteiger partial charge in [0, 0.05) is 18.5 Å². The SMILES string of the molecule is CN=C(NCc1nc(C)c(C)s1)NCc1ccccc1C.I. The van der Waals surface area contributed by atoms with Gasteiger partial charge in [-0.05, 0) is 31.9 Å². The quantitative estimate of drug-likeness (QED) is 0.443. The largest absolute Gasteiger partial charge is 0.352 e. The second-order valence-corrected chi connectivity index (χ2v) is 6.24. The Labute approximate surface area is 153 Å². The number of benzene rings is 1. The average molecular weight is 430 g/mol. The number of nitrogens with one attached hydrogen (secondary N) is 2. The highest BCUT2D eigenvalue weighted by molar-refractivity contribution is 14.0. The third-order valence-corrected chi connectivity index (χ3v) is 4.48. The average Bonchev–Trinajstić information content (AvgIpc) is 2.79. The van der Waals surface area contributed by atoms with Crippen LogP contribution in [0.2, 0.25) is 0 Å². The number of aryl methyl sites for hydroxylation is 3. The molecular weight excluding hydrogens is 407 g/mol. The fourth-order valence-corrected chi connectivity index (χ4v) is 2.86. The Morgan fingerprint density at radius 2 is 1.82 bits per heavy atom. The predicted octanol–water partition coefficient (Wildman–Crippen LogP) is 3.55. The van der Waals surface area contributed by atoms with E-state index in [0.717, 1.165) is 23.2 Å². The fourth-order valence-electron chi connectivity index (χ4n) is 1.98. The van der Waals surface area contributed by atoms with Crippen molar-refractivity contribution in [3.63, 3.8) is 0 Å². The van der Waals surface area contributed by atoms with Gasteiger partial charge >= 0.3 is 0 Å². The van der Waals surface area contributed by atoms with Gasteiger partial charge in [-0.1, -0.05) is 24.3 Å². The monoisotopic (exact) mass is 430 g/mol. The number of guanidine groups is 1. The van der Waals surface area contributed by atoms with Crippen molar-refractivity contribution in [1.82, 2.24) is 15.6 Å². The van der Waals surface area contributed by atoms with Crippen LogP contribution in [-0.2, 0) is 13.1 Å². The molecule has 1 aromatic heterocycles. The van der Waals surface area contributed by atoms with Crippen LogP contribution in [0.15, 0.2) is 29.3 Å². The first kappa shape index (κ1) is 18.9. The van der Waals surface area contributed by atoms with Gasteiger partial charge in [0.05, 0.1) is 12.2 Å². The molecule has 2 aromatic rings. The summed E-state index contributed by atoms with van der Waals surface area (Å²) in [6, 6.07) is 8.36. The van der Waals surface area contributed by atoms with Gasteiger partial charge in [0.1, 0.15) is 5.01 Å². The summed E-state index contributed by atoms with van der Waals surface area (Å²) >= 11 is 1.73. The van der Waals surface area contributed by atoms with Crippen molar-refractivity contribution in [2.24, 2.45) is 4.99 Å². The number of rotatable bonds is 4. The van der Waals surface area contributed by atoms with Gasteiger partial charge in [0.2, 0.25) is 0 Å². The number of hydrogen-bond acceptors (Lipinski definition) is 3. The first-order valence-corrected chi connectivity index (χ1v) is 7.83. The lowest BCUT2D eigenvalue weighted by Crippen LogP contribution is -2.36. The van der Waals surface area contributed by atoms with Crippen molar-refractivity contribution < 1.29 is 0 Å². The Bertz CT molecular complexity index is 617. The summed E-state index contributed by atoms with van der Waals surface area (Å²) < 4.78 is 0. The molecule has 0 aliphatic heterocycles. The molecule has 0 aliphatic carbocycles. The highest BCUT2D eigenvalue weighted by atomic mass is 127. The summed E-state index contributed by atoms with van der Waals surface area (Å²) in [5, 5.41) is 7.72. The second kappa shape index (κ2) is 9.09. The van der Waals surface area contributed by atoms with E-state index < -0.39 is 0 Å². The molecule has 22 heavy (non-hydrogen) atoms. The summed E-state index contributed by atoms with van der Waals surface area (Å²) in [6.45, 7) is 7.73. The summed E-state index contributed by atoms with van der Waals surface area (Å²) in [5.41, 5.74) is 3.67. The molecule has 2 N–H and O–H groups in total. The van der Waals surface area contributed by atoms with E-state index in [4.69, 9.17) is 0 Å². The molecule has 4 nitrogen and oxygen atoms in total. The molecule has 0 bridgehead atoms. The molecule has 0 fully saturated rings. The van der Waals surface area contributed by atoms with E-state index in [1.807, 2.05) is 6.92 Å². The number of aliphatic imine (C=N–C) groups is 1. The molecule has 0 unspecified atom stereocenters. The van der Waals surface area contributed by atoms with Crippen LogP contribution in [0.1, 0.15) is 26.7 Å². The zero-order chi connectivity index (χ0) is 15.2. The van der Waals surface area contributed by atoms with E-state index >= 15 is 0 Å². The van der Waals surface area contributed by atoms with Crippen molar-refractivity contribution in [3.8, 4) is 0 Å². The Balaban J connectivity index is 0.00000242. The maximum Gasteiger partial charge on any atom is 0.191 e. The van der Waals surface area contributed by atoms with Crippen LogP contribution in [0.3, 0.4) is 0 Å². The van der Waals surface area contributed by atoms with Gasteiger partial charge in [-0.3, -0.25) is 4.99 Å². The molecule has 0 saturated heterocycles. The minimum atomic E-state index is 0. The number of hydrogen-bond donors (Lipinski definition) is 2. The lowest BCUT2D eigenvalue weighted by Gasteiger charge is -2.12. The van der Waals surface area contributed by atoms with E-state index in [-0.39, 0.29) is 24.0 Å². The molecule has 1 aromatic carbocycles. The standard InChI is InChI=1S/C16H22N4S.HI/c1-11-7-5-6-8-14(11)9-18-16(17-4)19-10-15-20-12(2)13(3)21-15;/h5-8H,9-10H2,1-4H3,(H2,17,18,19);1H. The van der Waals surface area contributed by atoms with Crippen LogP contribution in [0, 0.1) is 20.8 Å². The summed E-state index contributed by atoms with van der Waals surface area (Å²) in [7, 11) is 1.78. The zero-order valence-corrected chi connectivity index (χ0v) is 16.6. The Morgan fingerprint density at radius 3 is 2.41 bits per heavy atom. The molecule has 6 heteroatoms. The summed E-state index contributed by atoms with van der Waals surface area (Å²) in [4.78, 5) is 10.0. The van der Waals surface area contributed by atoms with Crippen LogP contribution in [-0.4, -0.2) is 18.0 Å². The molecule has 0 aliphatic rings. The summed E-state index contributed by atoms with van der Waals surface area (Å²) in [6.07, 6.45) is 0. The molecule has 2 rings (SSSR count). The first-order valence-electron chi connectivity index (χ1n) is 7.02. The Hall–Kier alpha value is -1.15. The number of nitrogens with zero attached hydrogens (tertiary/aromatic N) is 2. The molecule has 120 valence electrons. The zero-order valence-electron chi connectivity index (χ0n) is 13.4. The lowest BCUT2D eigenvalue weighted by molar-refractivity contribution is 0.801. The van der Waals surface area contributed by atoms with Crippen molar-refractivity contribution in [2.45, 2.75) is 33.9 Å². The molecule has 0 spiro atoms. The van der Waals surface area contributed by atoms with Gasteiger partial charge in [0.15, 0.2) is 5.96 Å². The van der Waals surface area contributed by atoms with Crippen LogP contribution < -0.4 is 10.6 Å². The van der Waals surface area contributed by atoms with E-state index in [1.54, 1.807) is 18.4 Å². The van der Waals surface area contributed by atoms with Crippen LogP contribution >= 0.6 is 35.3 Å². The van der Waals surface area contributed by atoms with Crippen LogP contribution in [0.5, 0.6) is 0 Å². The Kier molecular flexibility index (Phi) is 7.81. The normalized spacial score (nSPS) is 11.0. The van der Waals surface area contributed by atoms with E-state index in [1.165, 1.54) is 16.0 Å². The summed E-state index contributed by atoms with van der Waals surface area (Å²) in [5.74, 6) is 0.795. The van der Waals surface area contributed by atoms with Crippen LogP contribution in [0.25, 0.3) is 0 Å². The van der Waals surface area contributed by atoms with Crippen molar-refractivity contribution >= 4 is 41.3 Å². The molecule has 0 radical (unpaired) electrons. The first-order chi connectivity index (χ1) is 10.1. The molecule has 0 amide bonds. The lowest BCUT2D eigenvalue weighted by atomic mass is 10.1. The molecule has 0 saturated carbocycles. The van der Waals surface area contributed by atoms with Crippen molar-refractivity contribution in [3.05, 3.63) is 51.0 Å². The highest BCUT2D eigenvalue weighted by Crippen LogP contribution is 2.15. The van der Waals surface area contributed by atoms with Gasteiger partial charge in [-0.25, -0.2) is 4.98 Å². The smallest absolute Gasteiger partial charge is 0.191 e. The van der Waals surface area contributed by atoms with Gasteiger partial charge < -0.3 is 10.6 Å². The maximum atomic E-state index is 4.52. The fraction of sp³-hybridized carbons (Fsp3) is 0.375. The van der Waals surface area contributed by atoms with Gasteiger partial charge in [-0.15, -0.1) is 35.3 Å². The third-order valence-electron chi connectivity index (χ3n) is 3.41. The predicted molar refractivity (Wildman–Crippen MR) is 105 cm³/mol. The highest BCUT2D eigenvalue weighted by Gasteiger charge is 2.05. The topological polar surface area (TPSA) is 49.3 Å². The van der Waals surface area contributed by atoms with E-state index in [0.29, 0.717) is 6.54 Å². The minimum absolute atomic E-state index is 0. The molecule has 1 heterocycles. The minimum Gasteiger partial charge on any atom is -0.352 e. The molecule has 0 atom stereocenters. The maximum absolute atomic E-state index is 4.52. The number of thiazole rings is 1. The van der Waals surface area contributed by atoms with E-state index in [2.05, 4.69) is 58.7 Å². The van der Waals surface area contributed by atoms with Gasteiger partial charge in [0.25, 0.3) is 0 Å². The Morgan fingerprint density at radius 1 is 1.14 bits per heavy atom. The molecular formula is C16H23IN4S. The van der Waals surface area contributed by atoms with Gasteiger partial charge in [-0.2, -0.15) is 0 Å². The van der Waals surface area contributed by atoms with Crippen molar-refractivity contribution in [2.75, 3.05) is 7.05 Å². The number of aromatic nitrogens is 1. The second-order valence-electron chi connectivity index (χ2n) is 4.96. The van der Waals surface area contributed by atoms with Crippen LogP contribution in [0.4, 0.5) is 0 Å².